The molecule has 1 aromatic carbocycles. The third-order valence-corrected chi connectivity index (χ3v) is 4.83. The molecule has 3 aromatic rings. The Kier molecular flexibility index (Phi) is 4.26. The van der Waals surface area contributed by atoms with Crippen LogP contribution in [0.15, 0.2) is 35.7 Å². The van der Waals surface area contributed by atoms with Gasteiger partial charge in [0.2, 0.25) is 5.91 Å². The molecular weight excluding hydrogens is 350 g/mol. The molecule has 0 atom stereocenters. The number of nitrogens with zero attached hydrogens (tertiary/aromatic N) is 2. The van der Waals surface area contributed by atoms with Gasteiger partial charge in [0.1, 0.15) is 0 Å². The van der Waals surface area contributed by atoms with Crippen LogP contribution in [0.2, 0.25) is 0 Å². The number of aromatic amines is 1. The lowest BCUT2D eigenvalue weighted by atomic mass is 10.1. The molecule has 8 heteroatoms. The fourth-order valence-corrected chi connectivity index (χ4v) is 3.32. The molecular formula is C18H17N5O2S. The first-order valence-electron chi connectivity index (χ1n) is 8.29. The Bertz CT molecular complexity index is 956. The van der Waals surface area contributed by atoms with Crippen LogP contribution in [0.5, 0.6) is 0 Å². The van der Waals surface area contributed by atoms with Gasteiger partial charge < -0.3 is 5.32 Å². The summed E-state index contributed by atoms with van der Waals surface area (Å²) in [4.78, 5) is 27.8. The maximum absolute atomic E-state index is 12.3. The number of H-pyrrole nitrogens is 1. The van der Waals surface area contributed by atoms with Gasteiger partial charge in [-0.05, 0) is 31.0 Å². The third-order valence-electron chi connectivity index (χ3n) is 4.07. The van der Waals surface area contributed by atoms with E-state index in [-0.39, 0.29) is 11.8 Å². The van der Waals surface area contributed by atoms with E-state index in [1.165, 1.54) is 18.3 Å². The molecule has 0 aliphatic heterocycles. The monoisotopic (exact) mass is 367 g/mol. The van der Waals surface area contributed by atoms with Gasteiger partial charge in [-0.25, -0.2) is 4.98 Å². The zero-order chi connectivity index (χ0) is 18.1. The Morgan fingerprint density at radius 3 is 2.65 bits per heavy atom. The number of carbonyl (C=O) groups excluding carboxylic acids is 2. The van der Waals surface area contributed by atoms with E-state index in [0.717, 1.165) is 35.5 Å². The number of hydrogen-bond donors (Lipinski definition) is 3. The maximum Gasteiger partial charge on any atom is 0.277 e. The average molecular weight is 367 g/mol. The van der Waals surface area contributed by atoms with Crippen LogP contribution in [-0.2, 0) is 4.79 Å². The first-order valence-corrected chi connectivity index (χ1v) is 9.16. The van der Waals surface area contributed by atoms with Gasteiger partial charge in [-0.2, -0.15) is 5.10 Å². The lowest BCUT2D eigenvalue weighted by Crippen LogP contribution is -2.12. The topological polar surface area (TPSA) is 99.8 Å². The SMILES string of the molecule is CC(=O)Nc1ccc(-c2csc(NC(=O)c3cc(C4CC4)[nH]n3)n2)cc1. The molecule has 1 saturated carbocycles. The lowest BCUT2D eigenvalue weighted by Gasteiger charge is -2.02. The molecule has 4 rings (SSSR count). The molecule has 0 bridgehead atoms. The van der Waals surface area contributed by atoms with Gasteiger partial charge in [0.25, 0.3) is 5.91 Å². The zero-order valence-corrected chi connectivity index (χ0v) is 14.9. The van der Waals surface area contributed by atoms with Crippen molar-refractivity contribution in [1.82, 2.24) is 15.2 Å². The summed E-state index contributed by atoms with van der Waals surface area (Å²) in [6.07, 6.45) is 2.31. The van der Waals surface area contributed by atoms with Crippen molar-refractivity contribution >= 4 is 34.0 Å². The number of nitrogens with one attached hydrogen (secondary N) is 3. The predicted molar refractivity (Wildman–Crippen MR) is 100 cm³/mol. The van der Waals surface area contributed by atoms with Crippen LogP contribution in [0.1, 0.15) is 41.9 Å². The van der Waals surface area contributed by atoms with E-state index in [4.69, 9.17) is 0 Å². The molecule has 2 heterocycles. The average Bonchev–Trinajstić information content (AvgIpc) is 3.16. The van der Waals surface area contributed by atoms with E-state index in [0.29, 0.717) is 16.7 Å². The van der Waals surface area contributed by atoms with Crippen LogP contribution in [-0.4, -0.2) is 27.0 Å². The molecule has 2 amide bonds. The standard InChI is InChI=1S/C18H17N5O2S/c1-10(24)19-13-6-4-12(5-7-13)16-9-26-18(20-16)21-17(25)15-8-14(22-23-15)11-2-3-11/h4-9,11H,2-3H2,1H3,(H,19,24)(H,22,23)(H,20,21,25). The largest absolute Gasteiger partial charge is 0.326 e. The first kappa shape index (κ1) is 16.5. The van der Waals surface area contributed by atoms with Crippen LogP contribution in [0.3, 0.4) is 0 Å². The Morgan fingerprint density at radius 1 is 1.19 bits per heavy atom. The van der Waals surface area contributed by atoms with E-state index in [9.17, 15) is 9.59 Å². The maximum atomic E-state index is 12.3. The third kappa shape index (κ3) is 3.65. The Balaban J connectivity index is 1.43. The van der Waals surface area contributed by atoms with E-state index >= 15 is 0 Å². The van der Waals surface area contributed by atoms with Gasteiger partial charge >= 0.3 is 0 Å². The van der Waals surface area contributed by atoms with E-state index in [2.05, 4.69) is 25.8 Å². The van der Waals surface area contributed by atoms with Crippen LogP contribution < -0.4 is 10.6 Å². The van der Waals surface area contributed by atoms with Crippen molar-refractivity contribution in [3.63, 3.8) is 0 Å². The summed E-state index contributed by atoms with van der Waals surface area (Å²) in [5.41, 5.74) is 3.81. The van der Waals surface area contributed by atoms with Crippen molar-refractivity contribution in [2.75, 3.05) is 10.6 Å². The highest BCUT2D eigenvalue weighted by atomic mass is 32.1. The Hall–Kier alpha value is -3.00. The lowest BCUT2D eigenvalue weighted by molar-refractivity contribution is -0.114. The van der Waals surface area contributed by atoms with Crippen molar-refractivity contribution in [3.05, 3.63) is 47.1 Å². The highest BCUT2D eigenvalue weighted by Crippen LogP contribution is 2.39. The van der Waals surface area contributed by atoms with E-state index in [1.54, 1.807) is 0 Å². The highest BCUT2D eigenvalue weighted by Gasteiger charge is 2.26. The molecule has 7 nitrogen and oxygen atoms in total. The molecule has 1 fully saturated rings. The molecule has 0 saturated heterocycles. The summed E-state index contributed by atoms with van der Waals surface area (Å²) in [6, 6.07) is 9.19. The van der Waals surface area contributed by atoms with Gasteiger partial charge in [0, 0.05) is 35.2 Å². The molecule has 2 aromatic heterocycles. The number of aromatic nitrogens is 3. The van der Waals surface area contributed by atoms with Crippen molar-refractivity contribution in [1.29, 1.82) is 0 Å². The summed E-state index contributed by atoms with van der Waals surface area (Å²) in [7, 11) is 0. The summed E-state index contributed by atoms with van der Waals surface area (Å²) < 4.78 is 0. The number of hydrogen-bond acceptors (Lipinski definition) is 5. The Morgan fingerprint density at radius 2 is 1.96 bits per heavy atom. The van der Waals surface area contributed by atoms with Crippen LogP contribution in [0.4, 0.5) is 10.8 Å². The molecule has 1 aliphatic rings. The van der Waals surface area contributed by atoms with Crippen LogP contribution in [0, 0.1) is 0 Å². The summed E-state index contributed by atoms with van der Waals surface area (Å²) in [5.74, 6) is 0.144. The minimum atomic E-state index is -0.268. The quantitative estimate of drug-likeness (QED) is 0.641. The van der Waals surface area contributed by atoms with Crippen molar-refractivity contribution in [2.24, 2.45) is 0 Å². The van der Waals surface area contributed by atoms with Gasteiger partial charge in [0.05, 0.1) is 5.69 Å². The fourth-order valence-electron chi connectivity index (χ4n) is 2.61. The second-order valence-corrected chi connectivity index (χ2v) is 7.09. The smallest absolute Gasteiger partial charge is 0.277 e. The molecule has 0 radical (unpaired) electrons. The molecule has 26 heavy (non-hydrogen) atoms. The van der Waals surface area contributed by atoms with Crippen molar-refractivity contribution in [3.8, 4) is 11.3 Å². The zero-order valence-electron chi connectivity index (χ0n) is 14.1. The summed E-state index contributed by atoms with van der Waals surface area (Å²) in [5, 5.41) is 14.9. The number of carbonyl (C=O) groups is 2. The van der Waals surface area contributed by atoms with E-state index < -0.39 is 0 Å². The minimum absolute atomic E-state index is 0.111. The van der Waals surface area contributed by atoms with Crippen molar-refractivity contribution in [2.45, 2.75) is 25.7 Å². The normalized spacial score (nSPS) is 13.4. The van der Waals surface area contributed by atoms with Crippen molar-refractivity contribution < 1.29 is 9.59 Å². The summed E-state index contributed by atoms with van der Waals surface area (Å²) in [6.45, 7) is 1.47. The molecule has 3 N–H and O–H groups in total. The second kappa shape index (κ2) is 6.72. The van der Waals surface area contributed by atoms with Gasteiger partial charge in [-0.15, -0.1) is 11.3 Å². The molecule has 0 unspecified atom stereocenters. The number of amides is 2. The van der Waals surface area contributed by atoms with Gasteiger partial charge in [0.15, 0.2) is 10.8 Å². The van der Waals surface area contributed by atoms with Crippen LogP contribution in [0.25, 0.3) is 11.3 Å². The van der Waals surface area contributed by atoms with E-state index in [1.807, 2.05) is 35.7 Å². The summed E-state index contributed by atoms with van der Waals surface area (Å²) >= 11 is 1.36. The molecule has 132 valence electrons. The van der Waals surface area contributed by atoms with Crippen LogP contribution >= 0.6 is 11.3 Å². The van der Waals surface area contributed by atoms with Gasteiger partial charge in [-0.3, -0.25) is 20.0 Å². The second-order valence-electron chi connectivity index (χ2n) is 6.23. The number of benzene rings is 1. The highest BCUT2D eigenvalue weighted by molar-refractivity contribution is 7.14. The fraction of sp³-hybridized carbons (Fsp3) is 0.222. The number of anilines is 2. The predicted octanol–water partition coefficient (Wildman–Crippen LogP) is 3.62. The first-order chi connectivity index (χ1) is 12.6. The number of thiazole rings is 1. The minimum Gasteiger partial charge on any atom is -0.326 e. The van der Waals surface area contributed by atoms with Gasteiger partial charge in [-0.1, -0.05) is 12.1 Å². The molecule has 1 aliphatic carbocycles. The Labute approximate surface area is 153 Å². The molecule has 0 spiro atoms. The number of rotatable bonds is 5.